The molecule has 0 radical (unpaired) electrons. The molecular weight excluding hydrogens is 432 g/mol. The standard InChI is InChI=1S/C24H28N2O5.ClH/c1-2-31-24(30)20(14-12-17-8-4-3-5-9-17)25-19-15-13-18-10-6-7-11-21(18)26(23(19)29)16-22(27)28;/h3-11,19-20,25H,2,12-16H2,1H3,(H,27,28);1H/t19?,20-;/m0./s1. The van der Waals surface area contributed by atoms with E-state index in [1.54, 1.807) is 19.1 Å². The minimum atomic E-state index is -1.09. The van der Waals surface area contributed by atoms with Gasteiger partial charge in [0.05, 0.1) is 12.6 Å². The van der Waals surface area contributed by atoms with Gasteiger partial charge < -0.3 is 9.84 Å². The Morgan fingerprint density at radius 1 is 1.16 bits per heavy atom. The molecule has 3 rings (SSSR count). The maximum atomic E-state index is 13.3. The van der Waals surface area contributed by atoms with Crippen molar-refractivity contribution >= 4 is 35.9 Å². The molecule has 2 N–H and O–H groups in total. The van der Waals surface area contributed by atoms with Gasteiger partial charge in [-0.3, -0.25) is 24.6 Å². The van der Waals surface area contributed by atoms with E-state index >= 15 is 0 Å². The fourth-order valence-corrected chi connectivity index (χ4v) is 3.88. The van der Waals surface area contributed by atoms with Gasteiger partial charge in [0.25, 0.3) is 0 Å². The third-order valence-corrected chi connectivity index (χ3v) is 5.38. The van der Waals surface area contributed by atoms with Crippen molar-refractivity contribution in [1.29, 1.82) is 0 Å². The van der Waals surface area contributed by atoms with Crippen LogP contribution < -0.4 is 10.2 Å². The van der Waals surface area contributed by atoms with Crippen LogP contribution in [-0.4, -0.2) is 48.2 Å². The summed E-state index contributed by atoms with van der Waals surface area (Å²) in [7, 11) is 0. The number of rotatable bonds is 9. The second-order valence-electron chi connectivity index (χ2n) is 7.53. The molecule has 0 aromatic heterocycles. The van der Waals surface area contributed by atoms with E-state index in [-0.39, 0.29) is 24.9 Å². The fraction of sp³-hybridized carbons (Fsp3) is 0.375. The summed E-state index contributed by atoms with van der Waals surface area (Å²) in [6.07, 6.45) is 2.19. The number of hydrogen-bond donors (Lipinski definition) is 2. The first-order valence-corrected chi connectivity index (χ1v) is 10.6. The molecule has 1 unspecified atom stereocenters. The number of carboxylic acids is 1. The quantitative estimate of drug-likeness (QED) is 0.558. The number of carbonyl (C=O) groups is 3. The number of ether oxygens (including phenoxy) is 1. The lowest BCUT2D eigenvalue weighted by molar-refractivity contribution is -0.146. The molecule has 7 nitrogen and oxygen atoms in total. The molecule has 0 bridgehead atoms. The Morgan fingerprint density at radius 2 is 1.84 bits per heavy atom. The highest BCUT2D eigenvalue weighted by atomic mass is 35.5. The molecule has 8 heteroatoms. The zero-order valence-corrected chi connectivity index (χ0v) is 18.8. The van der Waals surface area contributed by atoms with Crippen LogP contribution in [0.1, 0.15) is 30.9 Å². The first-order chi connectivity index (χ1) is 15.0. The normalized spacial score (nSPS) is 16.3. The summed E-state index contributed by atoms with van der Waals surface area (Å²) >= 11 is 0. The molecule has 1 aliphatic heterocycles. The molecule has 0 aliphatic carbocycles. The van der Waals surface area contributed by atoms with E-state index < -0.39 is 30.6 Å². The number of hydrogen-bond acceptors (Lipinski definition) is 5. The van der Waals surface area contributed by atoms with Crippen molar-refractivity contribution in [1.82, 2.24) is 5.32 Å². The number of nitrogens with one attached hydrogen (secondary N) is 1. The van der Waals surface area contributed by atoms with Crippen molar-refractivity contribution in [2.75, 3.05) is 18.1 Å². The minimum absolute atomic E-state index is 0. The van der Waals surface area contributed by atoms with E-state index in [9.17, 15) is 19.5 Å². The molecule has 0 spiro atoms. The van der Waals surface area contributed by atoms with Gasteiger partial charge in [-0.15, -0.1) is 12.4 Å². The zero-order chi connectivity index (χ0) is 22.2. The molecule has 172 valence electrons. The summed E-state index contributed by atoms with van der Waals surface area (Å²) in [6, 6.07) is 15.8. The third-order valence-electron chi connectivity index (χ3n) is 5.38. The van der Waals surface area contributed by atoms with E-state index in [4.69, 9.17) is 4.74 Å². The van der Waals surface area contributed by atoms with E-state index in [0.717, 1.165) is 11.1 Å². The predicted molar refractivity (Wildman–Crippen MR) is 124 cm³/mol. The number of carboxylic acid groups (broad SMARTS) is 1. The number of fused-ring (bicyclic) bond motifs is 1. The van der Waals surface area contributed by atoms with Crippen LogP contribution in [-0.2, 0) is 32.0 Å². The van der Waals surface area contributed by atoms with Crippen LogP contribution in [0.2, 0.25) is 0 Å². The van der Waals surface area contributed by atoms with Crippen molar-refractivity contribution in [2.24, 2.45) is 0 Å². The SMILES string of the molecule is CCOC(=O)[C@H](CCc1ccccc1)NC1CCc2ccccc2N(CC(=O)O)C1=O.Cl. The van der Waals surface area contributed by atoms with Crippen LogP contribution in [0, 0.1) is 0 Å². The number of amides is 1. The highest BCUT2D eigenvalue weighted by molar-refractivity contribution is 6.02. The molecule has 2 aromatic rings. The van der Waals surface area contributed by atoms with Gasteiger partial charge in [-0.25, -0.2) is 0 Å². The van der Waals surface area contributed by atoms with Gasteiger partial charge in [0.15, 0.2) is 0 Å². The Morgan fingerprint density at radius 3 is 2.53 bits per heavy atom. The predicted octanol–water partition coefficient (Wildman–Crippen LogP) is 2.99. The summed E-state index contributed by atoms with van der Waals surface area (Å²) in [6.45, 7) is 1.56. The van der Waals surface area contributed by atoms with Crippen molar-refractivity contribution < 1.29 is 24.2 Å². The summed E-state index contributed by atoms with van der Waals surface area (Å²) < 4.78 is 5.23. The van der Waals surface area contributed by atoms with E-state index in [1.165, 1.54) is 4.90 Å². The summed E-state index contributed by atoms with van der Waals surface area (Å²) in [5.41, 5.74) is 2.61. The number of esters is 1. The van der Waals surface area contributed by atoms with Gasteiger partial charge in [0, 0.05) is 5.69 Å². The molecule has 0 fully saturated rings. The summed E-state index contributed by atoms with van der Waals surface area (Å²) in [5, 5.41) is 12.5. The number of anilines is 1. The number of para-hydroxylation sites is 1. The fourth-order valence-electron chi connectivity index (χ4n) is 3.88. The first-order valence-electron chi connectivity index (χ1n) is 10.6. The maximum Gasteiger partial charge on any atom is 0.323 e. The molecule has 2 aromatic carbocycles. The number of halogens is 1. The van der Waals surface area contributed by atoms with Gasteiger partial charge >= 0.3 is 11.9 Å². The summed E-state index contributed by atoms with van der Waals surface area (Å²) in [5.74, 6) is -1.84. The lowest BCUT2D eigenvalue weighted by Gasteiger charge is -2.27. The number of aliphatic carboxylic acids is 1. The van der Waals surface area contributed by atoms with E-state index in [0.29, 0.717) is 31.4 Å². The number of aryl methyl sites for hydroxylation is 2. The maximum absolute atomic E-state index is 13.3. The van der Waals surface area contributed by atoms with Crippen LogP contribution in [0.5, 0.6) is 0 Å². The minimum Gasteiger partial charge on any atom is -0.480 e. The Bertz CT molecular complexity index is 922. The highest BCUT2D eigenvalue weighted by Gasteiger charge is 2.34. The molecule has 32 heavy (non-hydrogen) atoms. The average Bonchev–Trinajstić information content (AvgIpc) is 2.89. The Labute approximate surface area is 194 Å². The van der Waals surface area contributed by atoms with Gasteiger partial charge in [-0.1, -0.05) is 48.5 Å². The van der Waals surface area contributed by atoms with Crippen LogP contribution in [0.25, 0.3) is 0 Å². The second kappa shape index (κ2) is 12.2. The van der Waals surface area contributed by atoms with Crippen molar-refractivity contribution in [3.05, 3.63) is 65.7 Å². The van der Waals surface area contributed by atoms with Gasteiger partial charge in [-0.2, -0.15) is 0 Å². The largest absolute Gasteiger partial charge is 0.480 e. The lowest BCUT2D eigenvalue weighted by Crippen LogP contribution is -2.53. The third kappa shape index (κ3) is 6.55. The molecule has 2 atom stereocenters. The number of benzene rings is 2. The van der Waals surface area contributed by atoms with E-state index in [1.807, 2.05) is 42.5 Å². The molecule has 1 aliphatic rings. The summed E-state index contributed by atoms with van der Waals surface area (Å²) in [4.78, 5) is 38.6. The van der Waals surface area contributed by atoms with Crippen molar-refractivity contribution in [3.8, 4) is 0 Å². The van der Waals surface area contributed by atoms with Crippen LogP contribution in [0.4, 0.5) is 5.69 Å². The molecule has 1 amide bonds. The van der Waals surface area contributed by atoms with Gasteiger partial charge in [0.1, 0.15) is 12.6 Å². The Hall–Kier alpha value is -2.90. The first kappa shape index (κ1) is 25.4. The molecule has 0 saturated carbocycles. The van der Waals surface area contributed by atoms with Crippen LogP contribution in [0.3, 0.4) is 0 Å². The van der Waals surface area contributed by atoms with Crippen LogP contribution in [0.15, 0.2) is 54.6 Å². The Balaban J connectivity index is 0.00000363. The Kier molecular flexibility index (Phi) is 9.68. The molecular formula is C24H29ClN2O5. The van der Waals surface area contributed by atoms with Crippen LogP contribution >= 0.6 is 12.4 Å². The zero-order valence-electron chi connectivity index (χ0n) is 18.0. The highest BCUT2D eigenvalue weighted by Crippen LogP contribution is 2.27. The average molecular weight is 461 g/mol. The number of carbonyl (C=O) groups excluding carboxylic acids is 2. The van der Waals surface area contributed by atoms with E-state index in [2.05, 4.69) is 5.32 Å². The van der Waals surface area contributed by atoms with Crippen molar-refractivity contribution in [2.45, 2.75) is 44.7 Å². The van der Waals surface area contributed by atoms with Crippen molar-refractivity contribution in [3.63, 3.8) is 0 Å². The van der Waals surface area contributed by atoms with Gasteiger partial charge in [-0.05, 0) is 49.8 Å². The second-order valence-corrected chi connectivity index (χ2v) is 7.53. The van der Waals surface area contributed by atoms with Gasteiger partial charge in [0.2, 0.25) is 5.91 Å². The lowest BCUT2D eigenvalue weighted by atomic mass is 10.0. The molecule has 1 heterocycles. The monoisotopic (exact) mass is 460 g/mol. The smallest absolute Gasteiger partial charge is 0.323 e. The topological polar surface area (TPSA) is 95.9 Å². The number of nitrogens with zero attached hydrogens (tertiary/aromatic N) is 1. The molecule has 0 saturated heterocycles.